The first-order valence-corrected chi connectivity index (χ1v) is 11.3. The number of benzene rings is 2. The van der Waals surface area contributed by atoms with Crippen molar-refractivity contribution in [2.24, 2.45) is 7.05 Å². The van der Waals surface area contributed by atoms with Gasteiger partial charge in [0.1, 0.15) is 30.8 Å². The lowest BCUT2D eigenvalue weighted by Gasteiger charge is -2.24. The quantitative estimate of drug-likeness (QED) is 0.418. The Morgan fingerprint density at radius 3 is 2.82 bits per heavy atom. The molecule has 5 aromatic rings. The maximum Gasteiger partial charge on any atom is 0.147 e. The predicted octanol–water partition coefficient (Wildman–Crippen LogP) is 4.14. The van der Waals surface area contributed by atoms with Crippen LogP contribution in [0.25, 0.3) is 32.2 Å². The first kappa shape index (κ1) is 20.0. The van der Waals surface area contributed by atoms with Crippen LogP contribution >= 0.6 is 11.3 Å². The lowest BCUT2D eigenvalue weighted by atomic mass is 10.1. The van der Waals surface area contributed by atoms with Gasteiger partial charge in [-0.15, -0.1) is 11.3 Å². The molecule has 9 nitrogen and oxygen atoms in total. The summed E-state index contributed by atoms with van der Waals surface area (Å²) in [6.45, 7) is 1.19. The number of hydrogen-bond donors (Lipinski definition) is 1. The Balaban J connectivity index is 1.46. The van der Waals surface area contributed by atoms with E-state index in [0.717, 1.165) is 37.9 Å². The number of aromatic nitrogens is 5. The fourth-order valence-electron chi connectivity index (χ4n) is 3.86. The summed E-state index contributed by atoms with van der Waals surface area (Å²) in [5, 5.41) is 8.53. The molecule has 2 aromatic carbocycles. The van der Waals surface area contributed by atoms with Crippen molar-refractivity contribution < 1.29 is 14.2 Å². The van der Waals surface area contributed by atoms with Crippen molar-refractivity contribution in [3.8, 4) is 16.9 Å². The normalized spacial score (nSPS) is 14.7. The van der Waals surface area contributed by atoms with Gasteiger partial charge in [0.15, 0.2) is 0 Å². The summed E-state index contributed by atoms with van der Waals surface area (Å²) in [4.78, 5) is 13.4. The van der Waals surface area contributed by atoms with E-state index in [1.165, 1.54) is 0 Å². The van der Waals surface area contributed by atoms with Crippen LogP contribution in [0.2, 0.25) is 0 Å². The molecule has 4 heterocycles. The highest BCUT2D eigenvalue weighted by Gasteiger charge is 2.20. The molecule has 0 unspecified atom stereocenters. The summed E-state index contributed by atoms with van der Waals surface area (Å²) < 4.78 is 20.1. The molecule has 33 heavy (non-hydrogen) atoms. The van der Waals surface area contributed by atoms with Crippen LogP contribution in [-0.2, 0) is 16.5 Å². The summed E-state index contributed by atoms with van der Waals surface area (Å²) in [7, 11) is 1.89. The number of nitrogens with one attached hydrogen (secondary N) is 1. The predicted molar refractivity (Wildman–Crippen MR) is 126 cm³/mol. The molecule has 1 aliphatic heterocycles. The molecular weight excluding hydrogens is 440 g/mol. The molecule has 0 atom stereocenters. The summed E-state index contributed by atoms with van der Waals surface area (Å²) >= 11 is 1.60. The van der Waals surface area contributed by atoms with E-state index in [1.54, 1.807) is 22.3 Å². The Morgan fingerprint density at radius 2 is 1.97 bits per heavy atom. The number of hydrogen-bond acceptors (Lipinski definition) is 9. The molecule has 0 aliphatic carbocycles. The maximum atomic E-state index is 6.37. The highest BCUT2D eigenvalue weighted by Crippen LogP contribution is 2.37. The van der Waals surface area contributed by atoms with Gasteiger partial charge in [0.05, 0.1) is 46.0 Å². The number of fused-ring (bicyclic) bond motifs is 2. The van der Waals surface area contributed by atoms with Crippen molar-refractivity contribution in [2.75, 3.05) is 25.3 Å². The van der Waals surface area contributed by atoms with E-state index >= 15 is 0 Å². The van der Waals surface area contributed by atoms with E-state index in [-0.39, 0.29) is 12.9 Å². The van der Waals surface area contributed by atoms with Crippen molar-refractivity contribution in [2.45, 2.75) is 6.10 Å². The fourth-order valence-corrected chi connectivity index (χ4v) is 4.58. The number of anilines is 2. The molecule has 1 saturated heterocycles. The Labute approximate surface area is 193 Å². The fraction of sp³-hybridized carbons (Fsp3) is 0.217. The zero-order chi connectivity index (χ0) is 22.2. The molecule has 0 saturated carbocycles. The van der Waals surface area contributed by atoms with Gasteiger partial charge < -0.3 is 19.5 Å². The van der Waals surface area contributed by atoms with Crippen molar-refractivity contribution >= 4 is 44.0 Å². The van der Waals surface area contributed by atoms with E-state index in [1.807, 2.05) is 49.2 Å². The number of aryl methyl sites for hydroxylation is 1. The van der Waals surface area contributed by atoms with Crippen LogP contribution in [-0.4, -0.2) is 50.8 Å². The van der Waals surface area contributed by atoms with Gasteiger partial charge in [0, 0.05) is 24.5 Å². The van der Waals surface area contributed by atoms with Gasteiger partial charge in [-0.05, 0) is 35.9 Å². The molecule has 1 aliphatic rings. The lowest BCUT2D eigenvalue weighted by Crippen LogP contribution is -2.34. The van der Waals surface area contributed by atoms with E-state index in [9.17, 15) is 0 Å². The third-order valence-electron chi connectivity index (χ3n) is 5.40. The van der Waals surface area contributed by atoms with Gasteiger partial charge in [-0.25, -0.2) is 15.0 Å². The third-order valence-corrected chi connectivity index (χ3v) is 6.19. The van der Waals surface area contributed by atoms with Crippen LogP contribution < -0.4 is 10.1 Å². The molecular formula is C23H20N6O3S. The lowest BCUT2D eigenvalue weighted by molar-refractivity contribution is -0.143. The zero-order valence-corrected chi connectivity index (χ0v) is 18.6. The standard InChI is InChI=1S/C23H20N6O3S/c1-29-8-15(7-27-29)14-4-19-22(20(5-14)32-17-9-30-13-31-10-17)23(25-11-24-19)28-16-2-3-18-21(6-16)33-12-26-18/h2-8,11-12,17H,9-10,13H2,1H3,(H,24,25,28). The van der Waals surface area contributed by atoms with Gasteiger partial charge in [-0.3, -0.25) is 4.68 Å². The van der Waals surface area contributed by atoms with Gasteiger partial charge in [0.2, 0.25) is 0 Å². The molecule has 0 spiro atoms. The molecule has 6 rings (SSSR count). The van der Waals surface area contributed by atoms with E-state index in [4.69, 9.17) is 14.2 Å². The summed E-state index contributed by atoms with van der Waals surface area (Å²) in [6, 6.07) is 10.1. The number of ether oxygens (including phenoxy) is 3. The molecule has 1 fully saturated rings. The molecule has 1 N–H and O–H groups in total. The molecule has 0 bridgehead atoms. The second-order valence-corrected chi connectivity index (χ2v) is 8.64. The van der Waals surface area contributed by atoms with Crippen molar-refractivity contribution in [3.63, 3.8) is 0 Å². The third kappa shape index (κ3) is 3.99. The number of rotatable bonds is 5. The topological polar surface area (TPSA) is 96.2 Å². The largest absolute Gasteiger partial charge is 0.485 e. The van der Waals surface area contributed by atoms with Crippen molar-refractivity contribution in [1.82, 2.24) is 24.7 Å². The SMILES string of the molecule is Cn1cc(-c2cc(OC3COCOC3)c3c(Nc4ccc5ncsc5c4)ncnc3c2)cn1. The van der Waals surface area contributed by atoms with Crippen LogP contribution in [0.1, 0.15) is 0 Å². The van der Waals surface area contributed by atoms with Crippen molar-refractivity contribution in [1.29, 1.82) is 0 Å². The number of nitrogens with zero attached hydrogens (tertiary/aromatic N) is 5. The monoisotopic (exact) mass is 460 g/mol. The van der Waals surface area contributed by atoms with Gasteiger partial charge in [-0.2, -0.15) is 5.10 Å². The second kappa shape index (κ2) is 8.39. The molecule has 0 radical (unpaired) electrons. The summed E-state index contributed by atoms with van der Waals surface area (Å²) in [5.74, 6) is 1.32. The van der Waals surface area contributed by atoms with E-state index in [2.05, 4.69) is 31.4 Å². The Kier molecular flexibility index (Phi) is 5.10. The Morgan fingerprint density at radius 1 is 1.06 bits per heavy atom. The smallest absolute Gasteiger partial charge is 0.147 e. The average molecular weight is 461 g/mol. The van der Waals surface area contributed by atoms with Crippen molar-refractivity contribution in [3.05, 3.63) is 54.6 Å². The Hall–Kier alpha value is -3.60. The zero-order valence-electron chi connectivity index (χ0n) is 17.8. The molecule has 0 amide bonds. The minimum atomic E-state index is -0.229. The molecule has 3 aromatic heterocycles. The molecule has 10 heteroatoms. The van der Waals surface area contributed by atoms with Crippen LogP contribution in [0.15, 0.2) is 54.6 Å². The second-order valence-electron chi connectivity index (χ2n) is 7.75. The average Bonchev–Trinajstić information content (AvgIpc) is 3.48. The van der Waals surface area contributed by atoms with Crippen LogP contribution in [0, 0.1) is 0 Å². The minimum absolute atomic E-state index is 0.229. The maximum absolute atomic E-state index is 6.37. The highest BCUT2D eigenvalue weighted by molar-refractivity contribution is 7.16. The van der Waals surface area contributed by atoms with Gasteiger partial charge >= 0.3 is 0 Å². The molecule has 166 valence electrons. The Bertz CT molecular complexity index is 1440. The van der Waals surface area contributed by atoms with E-state index in [0.29, 0.717) is 24.8 Å². The van der Waals surface area contributed by atoms with Crippen LogP contribution in [0.5, 0.6) is 5.75 Å². The summed E-state index contributed by atoms with van der Waals surface area (Å²) in [6.07, 6.45) is 5.11. The summed E-state index contributed by atoms with van der Waals surface area (Å²) in [5.41, 5.74) is 6.43. The van der Waals surface area contributed by atoms with Crippen LogP contribution in [0.4, 0.5) is 11.5 Å². The first-order chi connectivity index (χ1) is 16.2. The van der Waals surface area contributed by atoms with Gasteiger partial charge in [-0.1, -0.05) is 0 Å². The number of thiazole rings is 1. The first-order valence-electron chi connectivity index (χ1n) is 10.4. The van der Waals surface area contributed by atoms with Gasteiger partial charge in [0.25, 0.3) is 0 Å². The highest BCUT2D eigenvalue weighted by atomic mass is 32.1. The van der Waals surface area contributed by atoms with E-state index < -0.39 is 0 Å². The minimum Gasteiger partial charge on any atom is -0.485 e. The van der Waals surface area contributed by atoms with Crippen LogP contribution in [0.3, 0.4) is 0 Å².